The van der Waals surface area contributed by atoms with E-state index in [2.05, 4.69) is 5.32 Å². The van der Waals surface area contributed by atoms with Crippen LogP contribution in [-0.4, -0.2) is 38.3 Å². The molecule has 8 heteroatoms. The number of carbonyl (C=O) groups is 1. The first-order valence-electron chi connectivity index (χ1n) is 9.24. The number of hydrogen-bond acceptors (Lipinski definition) is 4. The number of anilines is 1. The van der Waals surface area contributed by atoms with E-state index in [0.29, 0.717) is 29.5 Å². The molecule has 3 rings (SSSR count). The predicted octanol–water partition coefficient (Wildman–Crippen LogP) is 3.92. The van der Waals surface area contributed by atoms with E-state index in [0.717, 1.165) is 25.7 Å². The van der Waals surface area contributed by atoms with Gasteiger partial charge in [-0.25, -0.2) is 8.42 Å². The van der Waals surface area contributed by atoms with Gasteiger partial charge in [-0.15, -0.1) is 0 Å². The van der Waals surface area contributed by atoms with Crippen LogP contribution in [0.2, 0.25) is 5.02 Å². The van der Waals surface area contributed by atoms with Gasteiger partial charge >= 0.3 is 0 Å². The van der Waals surface area contributed by atoms with Gasteiger partial charge in [0.2, 0.25) is 10.0 Å². The molecule has 150 valence electrons. The molecule has 1 heterocycles. The number of halogens is 1. The second-order valence-electron chi connectivity index (χ2n) is 6.61. The molecule has 0 spiro atoms. The highest BCUT2D eigenvalue weighted by Gasteiger charge is 2.24. The maximum absolute atomic E-state index is 12.8. The van der Waals surface area contributed by atoms with Crippen LogP contribution in [-0.2, 0) is 14.8 Å². The minimum Gasteiger partial charge on any atom is -0.482 e. The van der Waals surface area contributed by atoms with E-state index in [1.165, 1.54) is 12.1 Å². The van der Waals surface area contributed by atoms with E-state index in [9.17, 15) is 13.2 Å². The lowest BCUT2D eigenvalue weighted by atomic mass is 10.2. The number of ether oxygens (including phenoxy) is 1. The van der Waals surface area contributed by atoms with Crippen LogP contribution in [0.15, 0.2) is 53.4 Å². The van der Waals surface area contributed by atoms with E-state index in [1.807, 2.05) is 0 Å². The minimum atomic E-state index is -3.50. The van der Waals surface area contributed by atoms with E-state index < -0.39 is 10.0 Å². The Bertz CT molecular complexity index is 908. The van der Waals surface area contributed by atoms with Crippen molar-refractivity contribution in [2.75, 3.05) is 25.0 Å². The van der Waals surface area contributed by atoms with Crippen LogP contribution in [0.4, 0.5) is 5.69 Å². The van der Waals surface area contributed by atoms with Crippen molar-refractivity contribution in [3.05, 3.63) is 53.6 Å². The van der Waals surface area contributed by atoms with Crippen LogP contribution >= 0.6 is 11.6 Å². The maximum Gasteiger partial charge on any atom is 0.262 e. The molecule has 0 aromatic heterocycles. The molecule has 2 aromatic carbocycles. The number of amides is 1. The van der Waals surface area contributed by atoms with Crippen molar-refractivity contribution in [1.29, 1.82) is 0 Å². The summed E-state index contributed by atoms with van der Waals surface area (Å²) in [4.78, 5) is 12.3. The van der Waals surface area contributed by atoms with Crippen molar-refractivity contribution >= 4 is 33.2 Å². The second kappa shape index (κ2) is 9.41. The number of para-hydroxylation sites is 1. The summed E-state index contributed by atoms with van der Waals surface area (Å²) >= 11 is 5.98. The van der Waals surface area contributed by atoms with Crippen LogP contribution in [0.1, 0.15) is 25.7 Å². The highest BCUT2D eigenvalue weighted by molar-refractivity contribution is 7.89. The Kier molecular flexibility index (Phi) is 6.93. The van der Waals surface area contributed by atoms with Crippen LogP contribution in [0.25, 0.3) is 0 Å². The molecule has 1 N–H and O–H groups in total. The van der Waals surface area contributed by atoms with E-state index in [4.69, 9.17) is 16.3 Å². The normalized spacial score (nSPS) is 15.6. The van der Waals surface area contributed by atoms with Crippen molar-refractivity contribution in [2.45, 2.75) is 30.6 Å². The Morgan fingerprint density at radius 2 is 1.64 bits per heavy atom. The Balaban J connectivity index is 1.59. The fourth-order valence-electron chi connectivity index (χ4n) is 3.04. The molecule has 1 aliphatic rings. The average molecular weight is 423 g/mol. The van der Waals surface area contributed by atoms with E-state index in [-0.39, 0.29) is 17.4 Å². The zero-order valence-corrected chi connectivity index (χ0v) is 17.0. The van der Waals surface area contributed by atoms with Crippen molar-refractivity contribution in [3.63, 3.8) is 0 Å². The van der Waals surface area contributed by atoms with E-state index in [1.54, 1.807) is 40.7 Å². The van der Waals surface area contributed by atoms with Crippen LogP contribution in [0.3, 0.4) is 0 Å². The summed E-state index contributed by atoms with van der Waals surface area (Å²) in [6, 6.07) is 13.1. The second-order valence-corrected chi connectivity index (χ2v) is 8.96. The van der Waals surface area contributed by atoms with Gasteiger partial charge in [-0.1, -0.05) is 36.6 Å². The first-order chi connectivity index (χ1) is 13.5. The van der Waals surface area contributed by atoms with Crippen molar-refractivity contribution < 1.29 is 17.9 Å². The molecule has 0 bridgehead atoms. The Labute approximate surface area is 170 Å². The average Bonchev–Trinajstić information content (AvgIpc) is 2.98. The van der Waals surface area contributed by atoms with Gasteiger partial charge in [-0.05, 0) is 49.2 Å². The zero-order chi connectivity index (χ0) is 20.0. The molecule has 0 atom stereocenters. The first kappa shape index (κ1) is 20.6. The highest BCUT2D eigenvalue weighted by Crippen LogP contribution is 2.24. The van der Waals surface area contributed by atoms with E-state index >= 15 is 0 Å². The lowest BCUT2D eigenvalue weighted by molar-refractivity contribution is -0.118. The number of sulfonamides is 1. The van der Waals surface area contributed by atoms with Crippen molar-refractivity contribution in [1.82, 2.24) is 4.31 Å². The summed E-state index contributed by atoms with van der Waals surface area (Å²) in [5.74, 6) is 0.0706. The van der Waals surface area contributed by atoms with Crippen molar-refractivity contribution in [3.8, 4) is 5.75 Å². The standard InChI is InChI=1S/C20H23ClN2O4S/c21-18-7-3-4-8-19(18)27-15-20(24)22-16-9-11-17(12-10-16)28(25,26)23-13-5-1-2-6-14-23/h3-4,7-12H,1-2,5-6,13-15H2,(H,22,24). The third kappa shape index (κ3) is 5.25. The number of hydrogen-bond donors (Lipinski definition) is 1. The number of rotatable bonds is 6. The Morgan fingerprint density at radius 1 is 1.00 bits per heavy atom. The topological polar surface area (TPSA) is 75.7 Å². The molecule has 28 heavy (non-hydrogen) atoms. The van der Waals surface area contributed by atoms with Gasteiger partial charge in [0, 0.05) is 18.8 Å². The molecular formula is C20H23ClN2O4S. The SMILES string of the molecule is O=C(COc1ccccc1Cl)Nc1ccc(S(=O)(=O)N2CCCCCC2)cc1. The molecular weight excluding hydrogens is 400 g/mol. The molecule has 0 radical (unpaired) electrons. The molecule has 1 aliphatic heterocycles. The van der Waals surface area contributed by atoms with Gasteiger partial charge in [0.15, 0.2) is 6.61 Å². The first-order valence-corrected chi connectivity index (χ1v) is 11.1. The van der Waals surface area contributed by atoms with Gasteiger partial charge in [-0.3, -0.25) is 4.79 Å². The third-order valence-corrected chi connectivity index (χ3v) is 6.76. The lowest BCUT2D eigenvalue weighted by Crippen LogP contribution is -2.31. The van der Waals surface area contributed by atoms with Crippen LogP contribution in [0, 0.1) is 0 Å². The summed E-state index contributed by atoms with van der Waals surface area (Å²) < 4.78 is 32.5. The Hall–Kier alpha value is -2.09. The van der Waals surface area contributed by atoms with Gasteiger partial charge in [0.25, 0.3) is 5.91 Å². The quantitative estimate of drug-likeness (QED) is 0.765. The number of carbonyl (C=O) groups excluding carboxylic acids is 1. The van der Waals surface area contributed by atoms with Gasteiger partial charge < -0.3 is 10.1 Å². The van der Waals surface area contributed by atoms with Gasteiger partial charge in [0.05, 0.1) is 9.92 Å². The third-order valence-electron chi connectivity index (χ3n) is 4.54. The highest BCUT2D eigenvalue weighted by atomic mass is 35.5. The lowest BCUT2D eigenvalue weighted by Gasteiger charge is -2.20. The molecule has 0 saturated carbocycles. The fraction of sp³-hybridized carbons (Fsp3) is 0.350. The summed E-state index contributed by atoms with van der Waals surface area (Å²) in [5, 5.41) is 3.11. The minimum absolute atomic E-state index is 0.197. The molecule has 6 nitrogen and oxygen atoms in total. The monoisotopic (exact) mass is 422 g/mol. The largest absolute Gasteiger partial charge is 0.482 e. The number of nitrogens with zero attached hydrogens (tertiary/aromatic N) is 1. The Morgan fingerprint density at radius 3 is 2.29 bits per heavy atom. The zero-order valence-electron chi connectivity index (χ0n) is 15.4. The summed E-state index contributed by atoms with van der Waals surface area (Å²) in [6.45, 7) is 0.915. The smallest absolute Gasteiger partial charge is 0.262 e. The van der Waals surface area contributed by atoms with Crippen molar-refractivity contribution in [2.24, 2.45) is 0 Å². The number of benzene rings is 2. The predicted molar refractivity (Wildman–Crippen MR) is 109 cm³/mol. The molecule has 1 fully saturated rings. The number of nitrogens with one attached hydrogen (secondary N) is 1. The molecule has 2 aromatic rings. The summed E-state index contributed by atoms with van der Waals surface area (Å²) in [5.41, 5.74) is 0.502. The molecule has 0 unspecified atom stereocenters. The molecule has 1 amide bonds. The van der Waals surface area contributed by atoms with Gasteiger partial charge in [0.1, 0.15) is 5.75 Å². The molecule has 0 aliphatic carbocycles. The fourth-order valence-corrected chi connectivity index (χ4v) is 4.75. The van der Waals surface area contributed by atoms with Gasteiger partial charge in [-0.2, -0.15) is 4.31 Å². The van der Waals surface area contributed by atoms with Crippen LogP contribution < -0.4 is 10.1 Å². The summed E-state index contributed by atoms with van der Waals surface area (Å²) in [6.07, 6.45) is 3.90. The summed E-state index contributed by atoms with van der Waals surface area (Å²) in [7, 11) is -3.50. The maximum atomic E-state index is 12.8. The van der Waals surface area contributed by atoms with Crippen LogP contribution in [0.5, 0.6) is 5.75 Å². The molecule has 1 saturated heterocycles.